The lowest BCUT2D eigenvalue weighted by Crippen LogP contribution is -2.06. The Bertz CT molecular complexity index is 1230. The van der Waals surface area contributed by atoms with E-state index in [1.165, 1.54) is 11.1 Å². The Labute approximate surface area is 205 Å². The van der Waals surface area contributed by atoms with E-state index in [-0.39, 0.29) is 11.7 Å². The molecule has 0 saturated carbocycles. The summed E-state index contributed by atoms with van der Waals surface area (Å²) in [4.78, 5) is 4.25. The first-order valence-electron chi connectivity index (χ1n) is 11.4. The van der Waals surface area contributed by atoms with Crippen LogP contribution in [0.15, 0.2) is 101 Å². The first kappa shape index (κ1) is 23.5. The van der Waals surface area contributed by atoms with Crippen LogP contribution in [0.2, 0.25) is 5.02 Å². The molecule has 0 aliphatic rings. The Morgan fingerprint density at radius 3 is 2.18 bits per heavy atom. The van der Waals surface area contributed by atoms with Crippen molar-refractivity contribution in [2.75, 3.05) is 11.5 Å². The monoisotopic (exact) mass is 469 g/mol. The molecular formula is C28H28ClN5. The predicted octanol–water partition coefficient (Wildman–Crippen LogP) is 7.86. The van der Waals surface area contributed by atoms with Gasteiger partial charge in [-0.2, -0.15) is 5.11 Å². The molecule has 0 aliphatic carbocycles. The summed E-state index contributed by atoms with van der Waals surface area (Å²) >= 11 is 5.99. The minimum atomic E-state index is 0.0729. The van der Waals surface area contributed by atoms with Gasteiger partial charge >= 0.3 is 0 Å². The molecule has 0 aliphatic heterocycles. The summed E-state index contributed by atoms with van der Waals surface area (Å²) in [6.45, 7) is 0. The molecule has 0 spiro atoms. The average Bonchev–Trinajstić information content (AvgIpc) is 2.85. The molecule has 0 bridgehead atoms. The van der Waals surface area contributed by atoms with E-state index in [1.807, 2.05) is 30.3 Å². The van der Waals surface area contributed by atoms with Gasteiger partial charge < -0.3 is 11.5 Å². The fraction of sp³-hybridized carbons (Fsp3) is 0.179. The molecule has 3 aromatic carbocycles. The van der Waals surface area contributed by atoms with Crippen LogP contribution in [-0.4, -0.2) is 4.98 Å². The highest BCUT2D eigenvalue weighted by Gasteiger charge is 2.21. The number of anilines is 2. The normalized spacial score (nSPS) is 12.1. The average molecular weight is 470 g/mol. The number of rotatable bonds is 9. The summed E-state index contributed by atoms with van der Waals surface area (Å²) in [5.41, 5.74) is 17.1. The molecule has 0 fully saturated rings. The van der Waals surface area contributed by atoms with Crippen molar-refractivity contribution < 1.29 is 0 Å². The van der Waals surface area contributed by atoms with Gasteiger partial charge in [-0.15, -0.1) is 5.11 Å². The summed E-state index contributed by atoms with van der Waals surface area (Å²) in [6.07, 6.45) is 4.12. The fourth-order valence-corrected chi connectivity index (χ4v) is 4.23. The molecule has 1 heterocycles. The Morgan fingerprint density at radius 1 is 0.794 bits per heavy atom. The SMILES string of the molecule is Nc1cc(C(CCCCc2ccccc2)c2ccccc2)c(N=Nc2ccc(Cl)cc2)c(N)n1. The second kappa shape index (κ2) is 11.4. The zero-order valence-corrected chi connectivity index (χ0v) is 19.7. The van der Waals surface area contributed by atoms with E-state index in [0.717, 1.165) is 31.2 Å². The molecule has 5 nitrogen and oxygen atoms in total. The molecule has 172 valence electrons. The maximum Gasteiger partial charge on any atom is 0.154 e. The summed E-state index contributed by atoms with van der Waals surface area (Å²) in [6, 6.07) is 30.0. The lowest BCUT2D eigenvalue weighted by atomic mass is 9.86. The highest BCUT2D eigenvalue weighted by Crippen LogP contribution is 2.40. The van der Waals surface area contributed by atoms with Gasteiger partial charge in [-0.05, 0) is 66.3 Å². The lowest BCUT2D eigenvalue weighted by molar-refractivity contribution is 0.626. The number of pyridine rings is 1. The molecule has 0 radical (unpaired) electrons. The highest BCUT2D eigenvalue weighted by atomic mass is 35.5. The van der Waals surface area contributed by atoms with Crippen molar-refractivity contribution in [1.29, 1.82) is 0 Å². The number of nitrogens with two attached hydrogens (primary N) is 2. The van der Waals surface area contributed by atoms with Gasteiger partial charge in [-0.25, -0.2) is 4.98 Å². The van der Waals surface area contributed by atoms with Gasteiger partial charge in [0.05, 0.1) is 5.69 Å². The van der Waals surface area contributed by atoms with Crippen LogP contribution in [0.4, 0.5) is 23.0 Å². The Kier molecular flexibility index (Phi) is 7.89. The van der Waals surface area contributed by atoms with Crippen molar-refractivity contribution in [1.82, 2.24) is 4.98 Å². The van der Waals surface area contributed by atoms with E-state index in [4.69, 9.17) is 23.1 Å². The number of hydrogen-bond acceptors (Lipinski definition) is 5. The fourth-order valence-electron chi connectivity index (χ4n) is 4.10. The molecule has 34 heavy (non-hydrogen) atoms. The molecule has 1 unspecified atom stereocenters. The number of aromatic nitrogens is 1. The smallest absolute Gasteiger partial charge is 0.154 e. The second-order valence-electron chi connectivity index (χ2n) is 8.24. The summed E-state index contributed by atoms with van der Waals surface area (Å²) < 4.78 is 0. The number of azo groups is 1. The first-order valence-corrected chi connectivity index (χ1v) is 11.8. The second-order valence-corrected chi connectivity index (χ2v) is 8.68. The lowest BCUT2D eigenvalue weighted by Gasteiger charge is -2.21. The quantitative estimate of drug-likeness (QED) is 0.193. The maximum absolute atomic E-state index is 6.29. The Balaban J connectivity index is 1.62. The van der Waals surface area contributed by atoms with Crippen LogP contribution in [0.25, 0.3) is 0 Å². The van der Waals surface area contributed by atoms with Gasteiger partial charge in [-0.1, -0.05) is 78.7 Å². The van der Waals surface area contributed by atoms with E-state index in [0.29, 0.717) is 22.2 Å². The van der Waals surface area contributed by atoms with Crippen LogP contribution in [0, 0.1) is 0 Å². The van der Waals surface area contributed by atoms with Crippen LogP contribution < -0.4 is 11.5 Å². The molecule has 1 aromatic heterocycles. The third-order valence-electron chi connectivity index (χ3n) is 5.79. The standard InChI is InChI=1S/C28H28ClN5/c29-22-15-17-23(18-16-22)33-34-27-25(19-26(30)32-28(27)31)24(21-12-5-2-6-13-21)14-8-7-11-20-9-3-1-4-10-20/h1-6,9-10,12-13,15-19,24H,7-8,11,14H2,(H4,30,31,32). The molecule has 4 N–H and O–H groups in total. The van der Waals surface area contributed by atoms with E-state index in [9.17, 15) is 0 Å². The number of nitrogen functional groups attached to an aromatic ring is 2. The zero-order valence-electron chi connectivity index (χ0n) is 18.9. The molecular weight excluding hydrogens is 442 g/mol. The van der Waals surface area contributed by atoms with Gasteiger partial charge in [0.15, 0.2) is 5.82 Å². The van der Waals surface area contributed by atoms with Gasteiger partial charge in [0, 0.05) is 10.9 Å². The van der Waals surface area contributed by atoms with Crippen molar-refractivity contribution in [3.63, 3.8) is 0 Å². The van der Waals surface area contributed by atoms with E-state index in [2.05, 4.69) is 63.7 Å². The first-order chi connectivity index (χ1) is 16.6. The summed E-state index contributed by atoms with van der Waals surface area (Å²) in [5, 5.41) is 9.54. The molecule has 6 heteroatoms. The van der Waals surface area contributed by atoms with Gasteiger partial charge in [0.1, 0.15) is 11.5 Å². The Hall–Kier alpha value is -3.70. The largest absolute Gasteiger partial charge is 0.384 e. The zero-order chi connectivity index (χ0) is 23.8. The number of unbranched alkanes of at least 4 members (excludes halogenated alkanes) is 1. The number of aryl methyl sites for hydroxylation is 1. The molecule has 1 atom stereocenters. The van der Waals surface area contributed by atoms with Gasteiger partial charge in [-0.3, -0.25) is 0 Å². The molecule has 4 aromatic rings. The third-order valence-corrected chi connectivity index (χ3v) is 6.04. The summed E-state index contributed by atoms with van der Waals surface area (Å²) in [5.74, 6) is 0.727. The van der Waals surface area contributed by atoms with E-state index >= 15 is 0 Å². The number of hydrogen-bond donors (Lipinski definition) is 2. The number of halogens is 1. The number of nitrogens with zero attached hydrogens (tertiary/aromatic N) is 3. The van der Waals surface area contributed by atoms with Crippen LogP contribution in [0.1, 0.15) is 41.9 Å². The minimum absolute atomic E-state index is 0.0729. The van der Waals surface area contributed by atoms with Crippen molar-refractivity contribution >= 4 is 34.6 Å². The maximum atomic E-state index is 6.29. The van der Waals surface area contributed by atoms with Gasteiger partial charge in [0.2, 0.25) is 0 Å². The Morgan fingerprint density at radius 2 is 1.47 bits per heavy atom. The van der Waals surface area contributed by atoms with Crippen molar-refractivity contribution in [3.8, 4) is 0 Å². The third kappa shape index (κ3) is 6.21. The summed E-state index contributed by atoms with van der Waals surface area (Å²) in [7, 11) is 0. The molecule has 4 rings (SSSR count). The van der Waals surface area contributed by atoms with E-state index < -0.39 is 0 Å². The topological polar surface area (TPSA) is 89.6 Å². The van der Waals surface area contributed by atoms with E-state index in [1.54, 1.807) is 12.1 Å². The molecule has 0 amide bonds. The van der Waals surface area contributed by atoms with Gasteiger partial charge in [0.25, 0.3) is 0 Å². The number of benzene rings is 3. The van der Waals surface area contributed by atoms with Crippen molar-refractivity contribution in [2.45, 2.75) is 31.6 Å². The minimum Gasteiger partial charge on any atom is -0.384 e. The van der Waals surface area contributed by atoms with Crippen LogP contribution in [0.3, 0.4) is 0 Å². The highest BCUT2D eigenvalue weighted by molar-refractivity contribution is 6.30. The van der Waals surface area contributed by atoms with Crippen LogP contribution in [-0.2, 0) is 6.42 Å². The van der Waals surface area contributed by atoms with Crippen molar-refractivity contribution in [3.05, 3.63) is 113 Å². The molecule has 0 saturated heterocycles. The predicted molar refractivity (Wildman–Crippen MR) is 141 cm³/mol. The van der Waals surface area contributed by atoms with Crippen LogP contribution in [0.5, 0.6) is 0 Å². The van der Waals surface area contributed by atoms with Crippen LogP contribution >= 0.6 is 11.6 Å². The van der Waals surface area contributed by atoms with Crippen molar-refractivity contribution in [2.24, 2.45) is 10.2 Å².